The first kappa shape index (κ1) is 9.97. The highest BCUT2D eigenvalue weighted by molar-refractivity contribution is 5.41. The summed E-state index contributed by atoms with van der Waals surface area (Å²) in [6.07, 6.45) is 1.61. The fourth-order valence-electron chi connectivity index (χ4n) is 2.51. The normalized spacial score (nSPS) is 27.8. The zero-order valence-electron chi connectivity index (χ0n) is 9.56. The first-order valence-electron chi connectivity index (χ1n) is 6.01. The molecule has 2 aliphatic rings. The molecule has 3 heteroatoms. The van der Waals surface area contributed by atoms with E-state index in [0.717, 1.165) is 31.1 Å². The number of rotatable bonds is 2. The van der Waals surface area contributed by atoms with E-state index < -0.39 is 0 Å². The molecule has 0 radical (unpaired) electrons. The van der Waals surface area contributed by atoms with Crippen LogP contribution in [0.2, 0.25) is 0 Å². The van der Waals surface area contributed by atoms with Crippen LogP contribution in [0.3, 0.4) is 0 Å². The predicted molar refractivity (Wildman–Crippen MR) is 62.0 cm³/mol. The molecule has 2 atom stereocenters. The lowest BCUT2D eigenvalue weighted by atomic mass is 10.2. The van der Waals surface area contributed by atoms with E-state index >= 15 is 0 Å². The summed E-state index contributed by atoms with van der Waals surface area (Å²) in [5, 5.41) is 0. The zero-order valence-corrected chi connectivity index (χ0v) is 9.56. The number of hydrogen-bond donors (Lipinski definition) is 0. The van der Waals surface area contributed by atoms with Crippen LogP contribution in [0.25, 0.3) is 0 Å². The molecule has 3 rings (SSSR count). The van der Waals surface area contributed by atoms with Crippen molar-refractivity contribution in [2.45, 2.75) is 25.6 Å². The number of ether oxygens (including phenoxy) is 2. The van der Waals surface area contributed by atoms with Gasteiger partial charge in [0.05, 0.1) is 0 Å². The molecule has 3 nitrogen and oxygen atoms in total. The Balaban J connectivity index is 1.76. The number of nitrogens with zero attached hydrogens (tertiary/aromatic N) is 1. The standard InChI is InChI=1S/C13H17NO2/c1-2-7-14-8-12-13(9-14)16-11-6-4-3-5-10(11)15-12/h3-6,12-13H,2,7-9H2,1H3/t12-,13-/m1/s1. The van der Waals surface area contributed by atoms with E-state index in [2.05, 4.69) is 11.8 Å². The van der Waals surface area contributed by atoms with Gasteiger partial charge in [-0.1, -0.05) is 19.1 Å². The molecule has 86 valence electrons. The Morgan fingerprint density at radius 3 is 2.19 bits per heavy atom. The molecule has 1 aromatic carbocycles. The fourth-order valence-corrected chi connectivity index (χ4v) is 2.51. The van der Waals surface area contributed by atoms with Gasteiger partial charge in [0.1, 0.15) is 12.2 Å². The fraction of sp³-hybridized carbons (Fsp3) is 0.538. The van der Waals surface area contributed by atoms with Gasteiger partial charge in [-0.15, -0.1) is 0 Å². The third-order valence-electron chi connectivity index (χ3n) is 3.24. The van der Waals surface area contributed by atoms with E-state index in [9.17, 15) is 0 Å². The summed E-state index contributed by atoms with van der Waals surface area (Å²) in [5.41, 5.74) is 0. The molecule has 0 unspecified atom stereocenters. The minimum Gasteiger partial charge on any atom is -0.481 e. The second-order valence-corrected chi connectivity index (χ2v) is 4.52. The molecular weight excluding hydrogens is 202 g/mol. The van der Waals surface area contributed by atoms with Gasteiger partial charge in [-0.05, 0) is 25.1 Å². The molecular formula is C13H17NO2. The van der Waals surface area contributed by atoms with E-state index in [1.807, 2.05) is 24.3 Å². The van der Waals surface area contributed by atoms with Crippen LogP contribution in [0.5, 0.6) is 11.5 Å². The van der Waals surface area contributed by atoms with Crippen LogP contribution in [0.4, 0.5) is 0 Å². The van der Waals surface area contributed by atoms with Crippen LogP contribution >= 0.6 is 0 Å². The van der Waals surface area contributed by atoms with Gasteiger partial charge in [-0.2, -0.15) is 0 Å². The molecule has 0 bridgehead atoms. The Bertz CT molecular complexity index is 347. The van der Waals surface area contributed by atoms with E-state index in [1.54, 1.807) is 0 Å². The van der Waals surface area contributed by atoms with Crippen molar-refractivity contribution >= 4 is 0 Å². The Hall–Kier alpha value is -1.22. The lowest BCUT2D eigenvalue weighted by Crippen LogP contribution is -2.38. The molecule has 2 heterocycles. The van der Waals surface area contributed by atoms with Crippen molar-refractivity contribution in [3.8, 4) is 11.5 Å². The molecule has 0 spiro atoms. The smallest absolute Gasteiger partial charge is 0.161 e. The molecule has 0 N–H and O–H groups in total. The van der Waals surface area contributed by atoms with Gasteiger partial charge >= 0.3 is 0 Å². The van der Waals surface area contributed by atoms with Gasteiger partial charge in [0, 0.05) is 13.1 Å². The van der Waals surface area contributed by atoms with E-state index in [4.69, 9.17) is 9.47 Å². The van der Waals surface area contributed by atoms with Gasteiger partial charge in [0.2, 0.25) is 0 Å². The first-order chi connectivity index (χ1) is 7.86. The summed E-state index contributed by atoms with van der Waals surface area (Å²) in [5.74, 6) is 1.78. The minimum absolute atomic E-state index is 0.210. The van der Waals surface area contributed by atoms with Gasteiger partial charge in [0.15, 0.2) is 11.5 Å². The predicted octanol–water partition coefficient (Wildman–Crippen LogP) is 1.92. The number of likely N-dealkylation sites (tertiary alicyclic amines) is 1. The molecule has 1 fully saturated rings. The van der Waals surface area contributed by atoms with Crippen molar-refractivity contribution in [2.24, 2.45) is 0 Å². The highest BCUT2D eigenvalue weighted by Gasteiger charge is 2.39. The highest BCUT2D eigenvalue weighted by atomic mass is 16.6. The quantitative estimate of drug-likeness (QED) is 0.758. The first-order valence-corrected chi connectivity index (χ1v) is 6.01. The summed E-state index contributed by atoms with van der Waals surface area (Å²) < 4.78 is 11.9. The number of fused-ring (bicyclic) bond motifs is 2. The second-order valence-electron chi connectivity index (χ2n) is 4.52. The van der Waals surface area contributed by atoms with Crippen LogP contribution in [0, 0.1) is 0 Å². The van der Waals surface area contributed by atoms with Crippen LogP contribution in [0.1, 0.15) is 13.3 Å². The molecule has 16 heavy (non-hydrogen) atoms. The summed E-state index contributed by atoms with van der Waals surface area (Å²) >= 11 is 0. The Morgan fingerprint density at radius 2 is 1.69 bits per heavy atom. The third-order valence-corrected chi connectivity index (χ3v) is 3.24. The van der Waals surface area contributed by atoms with Gasteiger partial charge in [-0.3, -0.25) is 4.90 Å². The maximum atomic E-state index is 5.97. The molecule has 2 aliphatic heterocycles. The third kappa shape index (κ3) is 1.65. The molecule has 0 saturated carbocycles. The zero-order chi connectivity index (χ0) is 11.0. The maximum absolute atomic E-state index is 5.97. The number of benzene rings is 1. The van der Waals surface area contributed by atoms with Crippen LogP contribution in [-0.2, 0) is 0 Å². The van der Waals surface area contributed by atoms with E-state index in [1.165, 1.54) is 6.42 Å². The number of hydrogen-bond acceptors (Lipinski definition) is 3. The van der Waals surface area contributed by atoms with Crippen molar-refractivity contribution in [3.63, 3.8) is 0 Å². The monoisotopic (exact) mass is 219 g/mol. The minimum atomic E-state index is 0.210. The lowest BCUT2D eigenvalue weighted by Gasteiger charge is -2.28. The maximum Gasteiger partial charge on any atom is 0.161 e. The van der Waals surface area contributed by atoms with E-state index in [-0.39, 0.29) is 12.2 Å². The summed E-state index contributed by atoms with van der Waals surface area (Å²) in [7, 11) is 0. The molecule has 0 aromatic heterocycles. The lowest BCUT2D eigenvalue weighted by molar-refractivity contribution is 0.0552. The number of para-hydroxylation sites is 2. The van der Waals surface area contributed by atoms with Crippen molar-refractivity contribution < 1.29 is 9.47 Å². The van der Waals surface area contributed by atoms with Crippen molar-refractivity contribution in [1.82, 2.24) is 4.90 Å². The average molecular weight is 219 g/mol. The van der Waals surface area contributed by atoms with Crippen LogP contribution in [-0.4, -0.2) is 36.7 Å². The van der Waals surface area contributed by atoms with Crippen molar-refractivity contribution in [3.05, 3.63) is 24.3 Å². The van der Waals surface area contributed by atoms with Crippen LogP contribution in [0.15, 0.2) is 24.3 Å². The van der Waals surface area contributed by atoms with Crippen molar-refractivity contribution in [1.29, 1.82) is 0 Å². The highest BCUT2D eigenvalue weighted by Crippen LogP contribution is 2.35. The van der Waals surface area contributed by atoms with Gasteiger partial charge in [0.25, 0.3) is 0 Å². The summed E-state index contributed by atoms with van der Waals surface area (Å²) in [6.45, 7) is 5.33. The van der Waals surface area contributed by atoms with Gasteiger partial charge < -0.3 is 9.47 Å². The molecule has 0 amide bonds. The van der Waals surface area contributed by atoms with Gasteiger partial charge in [-0.25, -0.2) is 0 Å². The molecule has 0 aliphatic carbocycles. The Labute approximate surface area is 96.0 Å². The summed E-state index contributed by atoms with van der Waals surface area (Å²) in [4.78, 5) is 2.42. The Kier molecular flexibility index (Phi) is 2.48. The van der Waals surface area contributed by atoms with E-state index in [0.29, 0.717) is 0 Å². The van der Waals surface area contributed by atoms with Crippen LogP contribution < -0.4 is 9.47 Å². The molecule has 1 saturated heterocycles. The average Bonchev–Trinajstić information content (AvgIpc) is 2.67. The Morgan fingerprint density at radius 1 is 1.12 bits per heavy atom. The summed E-state index contributed by atoms with van der Waals surface area (Å²) in [6, 6.07) is 7.94. The largest absolute Gasteiger partial charge is 0.481 e. The topological polar surface area (TPSA) is 21.7 Å². The second kappa shape index (κ2) is 3.98. The van der Waals surface area contributed by atoms with Crippen molar-refractivity contribution in [2.75, 3.05) is 19.6 Å². The SMILES string of the molecule is CCCN1C[C@H]2Oc3ccccc3O[C@@H]2C1. The molecule has 1 aromatic rings.